The van der Waals surface area contributed by atoms with E-state index in [4.69, 9.17) is 9.84 Å². The number of piperidine rings is 1. The van der Waals surface area contributed by atoms with Gasteiger partial charge in [-0.15, -0.1) is 0 Å². The van der Waals surface area contributed by atoms with E-state index in [2.05, 4.69) is 37.1 Å². The van der Waals surface area contributed by atoms with Gasteiger partial charge in [0, 0.05) is 17.6 Å². The molecule has 0 unspecified atom stereocenters. The molecule has 1 aliphatic rings. The van der Waals surface area contributed by atoms with Crippen LogP contribution in [0.5, 0.6) is 11.6 Å². The topological polar surface area (TPSA) is 117 Å². The fraction of sp³-hybridized carbons (Fsp3) is 0.278. The van der Waals surface area contributed by atoms with Gasteiger partial charge in [-0.2, -0.15) is 10.4 Å². The molecule has 1 saturated heterocycles. The predicted octanol–water partition coefficient (Wildman–Crippen LogP) is 3.57. The quantitative estimate of drug-likeness (QED) is 0.658. The summed E-state index contributed by atoms with van der Waals surface area (Å²) in [5, 5.41) is 23.5. The maximum atomic E-state index is 11.1. The number of nitriles is 1. The third kappa shape index (κ3) is 3.36. The first-order valence-electron chi connectivity index (χ1n) is 8.60. The van der Waals surface area contributed by atoms with Gasteiger partial charge >= 0.3 is 6.09 Å². The molecule has 142 valence electrons. The number of fused-ring (bicyclic) bond motifs is 1. The monoisotopic (exact) mass is 442 g/mol. The van der Waals surface area contributed by atoms with Crippen LogP contribution in [-0.2, 0) is 0 Å². The number of carbonyl (C=O) groups is 1. The zero-order valence-corrected chi connectivity index (χ0v) is 16.2. The number of hydrogen-bond acceptors (Lipinski definition) is 6. The van der Waals surface area contributed by atoms with E-state index in [0.29, 0.717) is 54.2 Å². The Hall–Kier alpha value is -3.19. The Morgan fingerprint density at radius 3 is 2.82 bits per heavy atom. The molecule has 0 radical (unpaired) electrons. The first-order chi connectivity index (χ1) is 13.6. The largest absolute Gasteiger partial charge is 0.465 e. The summed E-state index contributed by atoms with van der Waals surface area (Å²) in [6.45, 7) is 0.917. The number of carboxylic acid groups (broad SMARTS) is 1. The first kappa shape index (κ1) is 18.2. The molecule has 0 spiro atoms. The fourth-order valence-electron chi connectivity index (χ4n) is 3.27. The van der Waals surface area contributed by atoms with E-state index >= 15 is 0 Å². The van der Waals surface area contributed by atoms with Crippen molar-refractivity contribution >= 4 is 33.1 Å². The molecule has 0 atom stereocenters. The molecule has 0 saturated carbocycles. The zero-order chi connectivity index (χ0) is 19.7. The van der Waals surface area contributed by atoms with Gasteiger partial charge in [0.15, 0.2) is 5.65 Å². The van der Waals surface area contributed by atoms with Gasteiger partial charge in [0.05, 0.1) is 17.8 Å². The smallest absolute Gasteiger partial charge is 0.407 e. The minimum atomic E-state index is -0.899. The molecule has 1 fully saturated rings. The summed E-state index contributed by atoms with van der Waals surface area (Å²) < 4.78 is 8.47. The Morgan fingerprint density at radius 2 is 2.11 bits per heavy atom. The summed E-state index contributed by atoms with van der Waals surface area (Å²) in [4.78, 5) is 21.0. The SMILES string of the molecule is N#Cc1cc(Br)ccc1Oc1ncnc2c1cnn2C1CCN(C(=O)O)CC1. The lowest BCUT2D eigenvalue weighted by Crippen LogP contribution is -2.38. The number of aromatic nitrogens is 4. The minimum Gasteiger partial charge on any atom is -0.465 e. The summed E-state index contributed by atoms with van der Waals surface area (Å²) >= 11 is 3.34. The summed E-state index contributed by atoms with van der Waals surface area (Å²) in [5.74, 6) is 0.714. The Bertz CT molecular complexity index is 1080. The van der Waals surface area contributed by atoms with E-state index in [0.717, 1.165) is 4.47 Å². The van der Waals surface area contributed by atoms with Crippen LogP contribution in [0.15, 0.2) is 35.2 Å². The van der Waals surface area contributed by atoms with Gasteiger partial charge in [-0.05, 0) is 31.0 Å². The molecule has 3 aromatic rings. The predicted molar refractivity (Wildman–Crippen MR) is 102 cm³/mol. The molecule has 3 heterocycles. The highest BCUT2D eigenvalue weighted by Gasteiger charge is 2.26. The zero-order valence-electron chi connectivity index (χ0n) is 14.6. The van der Waals surface area contributed by atoms with E-state index in [1.165, 1.54) is 11.2 Å². The van der Waals surface area contributed by atoms with Crippen molar-refractivity contribution in [3.63, 3.8) is 0 Å². The lowest BCUT2D eigenvalue weighted by molar-refractivity contribution is 0.124. The Morgan fingerprint density at radius 1 is 1.32 bits per heavy atom. The van der Waals surface area contributed by atoms with E-state index in [-0.39, 0.29) is 6.04 Å². The van der Waals surface area contributed by atoms with Crippen LogP contribution in [0.4, 0.5) is 4.79 Å². The highest BCUT2D eigenvalue weighted by atomic mass is 79.9. The van der Waals surface area contributed by atoms with Crippen LogP contribution in [0.1, 0.15) is 24.4 Å². The highest BCUT2D eigenvalue weighted by molar-refractivity contribution is 9.10. The third-order valence-electron chi connectivity index (χ3n) is 4.70. The van der Waals surface area contributed by atoms with Gasteiger partial charge < -0.3 is 14.7 Å². The van der Waals surface area contributed by atoms with Gasteiger partial charge in [-0.1, -0.05) is 15.9 Å². The molecule has 1 N–H and O–H groups in total. The standard InChI is InChI=1S/C18H15BrN6O3/c19-12-1-2-15(11(7-12)8-20)28-17-14-9-23-25(16(14)21-10-22-17)13-3-5-24(6-4-13)18(26)27/h1-2,7,9-10,13H,3-6H2,(H,26,27). The van der Waals surface area contributed by atoms with Gasteiger partial charge in [0.25, 0.3) is 0 Å². The number of benzene rings is 1. The highest BCUT2D eigenvalue weighted by Crippen LogP contribution is 2.32. The maximum Gasteiger partial charge on any atom is 0.407 e. The number of nitrogens with zero attached hydrogens (tertiary/aromatic N) is 6. The number of ether oxygens (including phenoxy) is 1. The number of rotatable bonds is 3. The van der Waals surface area contributed by atoms with E-state index < -0.39 is 6.09 Å². The summed E-state index contributed by atoms with van der Waals surface area (Å²) in [6.07, 6.45) is 3.46. The molecule has 2 aromatic heterocycles. The average molecular weight is 443 g/mol. The van der Waals surface area contributed by atoms with Crippen LogP contribution in [0.3, 0.4) is 0 Å². The molecule has 0 aliphatic carbocycles. The molecule has 1 amide bonds. The van der Waals surface area contributed by atoms with Crippen LogP contribution in [0.25, 0.3) is 11.0 Å². The van der Waals surface area contributed by atoms with Crippen molar-refractivity contribution in [3.8, 4) is 17.7 Å². The lowest BCUT2D eigenvalue weighted by atomic mass is 10.1. The lowest BCUT2D eigenvalue weighted by Gasteiger charge is -2.30. The second-order valence-corrected chi connectivity index (χ2v) is 7.28. The fourth-order valence-corrected chi connectivity index (χ4v) is 3.63. The van der Waals surface area contributed by atoms with Gasteiger partial charge in [0.2, 0.25) is 5.88 Å². The molecular weight excluding hydrogens is 428 g/mol. The molecule has 4 rings (SSSR count). The van der Waals surface area contributed by atoms with Gasteiger partial charge in [-0.3, -0.25) is 0 Å². The van der Waals surface area contributed by atoms with Crippen LogP contribution < -0.4 is 4.74 Å². The van der Waals surface area contributed by atoms with Crippen molar-refractivity contribution < 1.29 is 14.6 Å². The summed E-state index contributed by atoms with van der Waals surface area (Å²) in [5.41, 5.74) is 1.00. The van der Waals surface area contributed by atoms with Gasteiger partial charge in [0.1, 0.15) is 23.5 Å². The van der Waals surface area contributed by atoms with Crippen LogP contribution in [0.2, 0.25) is 0 Å². The number of halogens is 1. The molecule has 0 bridgehead atoms. The Labute approximate surface area is 168 Å². The Kier molecular flexibility index (Phi) is 4.83. The molecular formula is C18H15BrN6O3. The first-order valence-corrected chi connectivity index (χ1v) is 9.39. The second-order valence-electron chi connectivity index (χ2n) is 6.36. The Balaban J connectivity index is 1.63. The molecule has 28 heavy (non-hydrogen) atoms. The van der Waals surface area contributed by atoms with Crippen LogP contribution >= 0.6 is 15.9 Å². The van der Waals surface area contributed by atoms with Crippen LogP contribution in [-0.4, -0.2) is 48.9 Å². The van der Waals surface area contributed by atoms with E-state index in [1.54, 1.807) is 29.1 Å². The van der Waals surface area contributed by atoms with Crippen LogP contribution in [0, 0.1) is 11.3 Å². The number of hydrogen-bond donors (Lipinski definition) is 1. The molecule has 9 nitrogen and oxygen atoms in total. The van der Waals surface area contributed by atoms with Crippen molar-refractivity contribution in [1.82, 2.24) is 24.6 Å². The number of amides is 1. The number of likely N-dealkylation sites (tertiary alicyclic amines) is 1. The van der Waals surface area contributed by atoms with E-state index in [9.17, 15) is 10.1 Å². The van der Waals surface area contributed by atoms with E-state index in [1.807, 2.05) is 0 Å². The van der Waals surface area contributed by atoms with Crippen molar-refractivity contribution in [2.75, 3.05) is 13.1 Å². The second kappa shape index (κ2) is 7.44. The normalized spacial score (nSPS) is 14.8. The summed E-state index contributed by atoms with van der Waals surface area (Å²) in [7, 11) is 0. The average Bonchev–Trinajstić information content (AvgIpc) is 3.14. The van der Waals surface area contributed by atoms with Crippen molar-refractivity contribution in [2.45, 2.75) is 18.9 Å². The van der Waals surface area contributed by atoms with Gasteiger partial charge in [-0.25, -0.2) is 19.4 Å². The minimum absolute atomic E-state index is 0.0539. The summed E-state index contributed by atoms with van der Waals surface area (Å²) in [6, 6.07) is 7.31. The van der Waals surface area contributed by atoms with Crippen molar-refractivity contribution in [1.29, 1.82) is 5.26 Å². The molecule has 1 aliphatic heterocycles. The maximum absolute atomic E-state index is 11.1. The van der Waals surface area contributed by atoms with Crippen molar-refractivity contribution in [3.05, 3.63) is 40.8 Å². The molecule has 1 aromatic carbocycles. The molecule has 10 heteroatoms. The third-order valence-corrected chi connectivity index (χ3v) is 5.20. The van der Waals surface area contributed by atoms with Crippen molar-refractivity contribution in [2.24, 2.45) is 0 Å².